The number of aromatic nitrogens is 6. The van der Waals surface area contributed by atoms with Crippen LogP contribution in [0.4, 0.5) is 0 Å². The number of hydrogen-bond donors (Lipinski definition) is 2. The highest BCUT2D eigenvalue weighted by Crippen LogP contribution is 2.45. The van der Waals surface area contributed by atoms with Crippen molar-refractivity contribution < 1.29 is 0 Å². The van der Waals surface area contributed by atoms with E-state index in [1.165, 1.54) is 33.4 Å². The molecular weight excluding hydrogens is 661 g/mol. The van der Waals surface area contributed by atoms with Crippen LogP contribution in [0.2, 0.25) is 0 Å². The quantitative estimate of drug-likeness (QED) is 0.163. The summed E-state index contributed by atoms with van der Waals surface area (Å²) in [5.41, 5.74) is 12.5. The monoisotopic (exact) mass is 723 g/mol. The summed E-state index contributed by atoms with van der Waals surface area (Å²) >= 11 is 0. The minimum atomic E-state index is -0.0829. The Balaban J connectivity index is 1.75. The molecule has 1 aliphatic rings. The smallest absolute Gasteiger partial charge is 0.164 e. The standard InChI is InChI=1S/C48H62N6/c1-43(2,3)31-19-25-26(20-32(31)44(4,5)6)38-49-37(25)52-39-27-21-33(45(7,8)9)34(46(10,11)12)22-28(27)41(50-39)54-42-30-24-36(48(16,17)18)35(47(13,14)15)23-29(30)40(51-42)53-38/h19-24H,1-18H3,(H2,49,50,51,52,53,54). The van der Waals surface area contributed by atoms with Crippen LogP contribution in [0.5, 0.6) is 0 Å². The first kappa shape index (κ1) is 38.0. The molecule has 0 spiro atoms. The normalized spacial score (nSPS) is 14.1. The maximum Gasteiger partial charge on any atom is 0.164 e. The average molecular weight is 723 g/mol. The number of H-pyrrole nitrogens is 2. The van der Waals surface area contributed by atoms with Crippen molar-refractivity contribution in [3.05, 3.63) is 69.8 Å². The SMILES string of the molecule is CC(C)(C)c1cc2c(cc1C(C)(C)C)-c1nc-2nc2[nH]c(nc3[nH]c(n1)c1cc(C(C)(C)C)c(C(C)(C)C)cc31)c1cc(C(C)(C)C)c(C(C)(C)C)cc21. The first-order chi connectivity index (χ1) is 24.5. The van der Waals surface area contributed by atoms with Crippen LogP contribution in [0.1, 0.15) is 158 Å². The van der Waals surface area contributed by atoms with E-state index in [-0.39, 0.29) is 32.5 Å². The molecule has 0 radical (unpaired) electrons. The minimum Gasteiger partial charge on any atom is -0.324 e. The van der Waals surface area contributed by atoms with Gasteiger partial charge in [0.25, 0.3) is 0 Å². The number of rotatable bonds is 0. The highest BCUT2D eigenvalue weighted by molar-refractivity contribution is 6.09. The van der Waals surface area contributed by atoms with E-state index < -0.39 is 0 Å². The summed E-state index contributed by atoms with van der Waals surface area (Å²) in [7, 11) is 0. The highest BCUT2D eigenvalue weighted by atomic mass is 15.0. The minimum absolute atomic E-state index is 0.0752. The Hall–Kier alpha value is -4.32. The molecule has 0 amide bonds. The van der Waals surface area contributed by atoms with Crippen molar-refractivity contribution in [2.24, 2.45) is 0 Å². The molecule has 0 saturated heterocycles. The maximum absolute atomic E-state index is 5.46. The van der Waals surface area contributed by atoms with Gasteiger partial charge in [0.1, 0.15) is 22.6 Å². The predicted octanol–water partition coefficient (Wildman–Crippen LogP) is 13.1. The van der Waals surface area contributed by atoms with Crippen LogP contribution < -0.4 is 0 Å². The molecule has 0 unspecified atom stereocenters. The Morgan fingerprint density at radius 1 is 0.296 bits per heavy atom. The van der Waals surface area contributed by atoms with E-state index in [0.717, 1.165) is 55.3 Å². The van der Waals surface area contributed by atoms with Crippen LogP contribution in [0.15, 0.2) is 36.4 Å². The van der Waals surface area contributed by atoms with Gasteiger partial charge >= 0.3 is 0 Å². The molecule has 6 heteroatoms. The van der Waals surface area contributed by atoms with Crippen LogP contribution >= 0.6 is 0 Å². The Morgan fingerprint density at radius 3 is 0.759 bits per heavy atom. The number of aromatic amines is 2. The fourth-order valence-electron chi connectivity index (χ4n) is 8.24. The lowest BCUT2D eigenvalue weighted by Crippen LogP contribution is -2.22. The van der Waals surface area contributed by atoms with Gasteiger partial charge in [-0.25, -0.2) is 19.9 Å². The lowest BCUT2D eigenvalue weighted by Gasteiger charge is -2.31. The molecule has 3 aromatic heterocycles. The van der Waals surface area contributed by atoms with Crippen LogP contribution in [-0.2, 0) is 32.5 Å². The van der Waals surface area contributed by atoms with Gasteiger partial charge in [0.05, 0.1) is 0 Å². The molecule has 0 fully saturated rings. The number of hydrogen-bond acceptors (Lipinski definition) is 4. The second-order valence-corrected chi connectivity index (χ2v) is 22.1. The molecular formula is C48H62N6. The predicted molar refractivity (Wildman–Crippen MR) is 231 cm³/mol. The van der Waals surface area contributed by atoms with Gasteiger partial charge in [-0.2, -0.15) is 0 Å². The van der Waals surface area contributed by atoms with Crippen LogP contribution in [0.3, 0.4) is 0 Å². The second-order valence-electron chi connectivity index (χ2n) is 22.1. The molecule has 3 aromatic carbocycles. The molecule has 7 rings (SSSR count). The molecule has 6 nitrogen and oxygen atoms in total. The first-order valence-electron chi connectivity index (χ1n) is 19.8. The molecule has 0 atom stereocenters. The molecule has 0 aliphatic carbocycles. The van der Waals surface area contributed by atoms with E-state index in [4.69, 9.17) is 19.9 Å². The number of nitrogens with zero attached hydrogens (tertiary/aromatic N) is 4. The third-order valence-corrected chi connectivity index (χ3v) is 11.2. The van der Waals surface area contributed by atoms with Crippen molar-refractivity contribution in [3.8, 4) is 22.8 Å². The zero-order chi connectivity index (χ0) is 39.9. The Morgan fingerprint density at radius 2 is 0.519 bits per heavy atom. The fourth-order valence-corrected chi connectivity index (χ4v) is 8.24. The van der Waals surface area contributed by atoms with E-state index in [1.54, 1.807) is 0 Å². The molecule has 1 aliphatic heterocycles. The lowest BCUT2D eigenvalue weighted by atomic mass is 9.74. The lowest BCUT2D eigenvalue weighted by molar-refractivity contribution is 0.531. The number of benzene rings is 3. The topological polar surface area (TPSA) is 83.1 Å². The summed E-state index contributed by atoms with van der Waals surface area (Å²) in [5.74, 6) is 1.34. The largest absolute Gasteiger partial charge is 0.324 e. The molecule has 0 saturated carbocycles. The molecule has 54 heavy (non-hydrogen) atoms. The van der Waals surface area contributed by atoms with Crippen LogP contribution in [0, 0.1) is 0 Å². The van der Waals surface area contributed by atoms with Gasteiger partial charge in [0, 0.05) is 32.7 Å². The number of nitrogens with one attached hydrogen (secondary N) is 2. The van der Waals surface area contributed by atoms with E-state index in [9.17, 15) is 0 Å². The third-order valence-electron chi connectivity index (χ3n) is 11.2. The van der Waals surface area contributed by atoms with Crippen molar-refractivity contribution in [2.75, 3.05) is 0 Å². The van der Waals surface area contributed by atoms with Gasteiger partial charge in [0.2, 0.25) is 0 Å². The summed E-state index contributed by atoms with van der Waals surface area (Å²) < 4.78 is 0. The molecule has 4 heterocycles. The maximum atomic E-state index is 5.46. The van der Waals surface area contributed by atoms with Crippen LogP contribution in [-0.4, -0.2) is 29.9 Å². The Bertz CT molecular complexity index is 2410. The summed E-state index contributed by atoms with van der Waals surface area (Å²) in [6.45, 7) is 41.4. The molecule has 6 aromatic rings. The van der Waals surface area contributed by atoms with Gasteiger partial charge < -0.3 is 9.97 Å². The number of fused-ring (bicyclic) bond motifs is 15. The van der Waals surface area contributed by atoms with Gasteiger partial charge in [0.15, 0.2) is 11.6 Å². The highest BCUT2D eigenvalue weighted by Gasteiger charge is 2.32. The Kier molecular flexibility index (Phi) is 8.16. The van der Waals surface area contributed by atoms with Gasteiger partial charge in [-0.1, -0.05) is 125 Å². The van der Waals surface area contributed by atoms with Gasteiger partial charge in [-0.05, 0) is 102 Å². The van der Waals surface area contributed by atoms with Crippen LogP contribution in [0.25, 0.3) is 66.9 Å². The molecule has 6 bridgehead atoms. The molecule has 284 valence electrons. The third kappa shape index (κ3) is 6.37. The summed E-state index contributed by atoms with van der Waals surface area (Å²) in [5, 5.41) is 4.20. The zero-order valence-electron chi connectivity index (χ0n) is 36.3. The van der Waals surface area contributed by atoms with E-state index in [1.807, 2.05) is 0 Å². The van der Waals surface area contributed by atoms with Crippen molar-refractivity contribution >= 4 is 44.1 Å². The average Bonchev–Trinajstić information content (AvgIpc) is 3.64. The Labute approximate surface area is 322 Å². The van der Waals surface area contributed by atoms with Crippen molar-refractivity contribution in [1.82, 2.24) is 29.9 Å². The summed E-state index contributed by atoms with van der Waals surface area (Å²) in [4.78, 5) is 29.0. The van der Waals surface area contributed by atoms with Crippen molar-refractivity contribution in [1.29, 1.82) is 0 Å². The van der Waals surface area contributed by atoms with E-state index in [2.05, 4.69) is 171 Å². The summed E-state index contributed by atoms with van der Waals surface area (Å²) in [6, 6.07) is 14.1. The van der Waals surface area contributed by atoms with Crippen molar-refractivity contribution in [3.63, 3.8) is 0 Å². The second kappa shape index (κ2) is 11.6. The van der Waals surface area contributed by atoms with Gasteiger partial charge in [-0.3, -0.25) is 0 Å². The van der Waals surface area contributed by atoms with E-state index >= 15 is 0 Å². The fraction of sp³-hybridized carbons (Fsp3) is 0.500. The summed E-state index contributed by atoms with van der Waals surface area (Å²) in [6.07, 6.45) is 0. The van der Waals surface area contributed by atoms with E-state index in [0.29, 0.717) is 11.6 Å². The first-order valence-corrected chi connectivity index (χ1v) is 19.8. The van der Waals surface area contributed by atoms with Crippen molar-refractivity contribution in [2.45, 2.75) is 157 Å². The zero-order valence-corrected chi connectivity index (χ0v) is 36.3. The molecule has 2 N–H and O–H groups in total. The van der Waals surface area contributed by atoms with Gasteiger partial charge in [-0.15, -0.1) is 0 Å².